The summed E-state index contributed by atoms with van der Waals surface area (Å²) in [5, 5.41) is 8.62. The van der Waals surface area contributed by atoms with E-state index in [-0.39, 0.29) is 23.7 Å². The molecule has 3 aromatic rings. The van der Waals surface area contributed by atoms with E-state index in [1.807, 2.05) is 41.3 Å². The maximum atomic E-state index is 14.0. The molecule has 8 nitrogen and oxygen atoms in total. The van der Waals surface area contributed by atoms with E-state index in [9.17, 15) is 12.8 Å². The molecule has 1 fully saturated rings. The van der Waals surface area contributed by atoms with Gasteiger partial charge in [0, 0.05) is 31.7 Å². The van der Waals surface area contributed by atoms with Gasteiger partial charge in [-0.15, -0.1) is 10.2 Å². The maximum Gasteiger partial charge on any atom is 0.243 e. The molecule has 0 saturated carbocycles. The van der Waals surface area contributed by atoms with E-state index < -0.39 is 15.8 Å². The Bertz CT molecular complexity index is 1200. The number of methoxy groups -OCH3 is 2. The van der Waals surface area contributed by atoms with Crippen LogP contribution in [0.4, 0.5) is 10.2 Å². The highest BCUT2D eigenvalue weighted by Gasteiger charge is 2.29. The van der Waals surface area contributed by atoms with Crippen molar-refractivity contribution in [1.29, 1.82) is 0 Å². The predicted octanol–water partition coefficient (Wildman–Crippen LogP) is 2.81. The summed E-state index contributed by atoms with van der Waals surface area (Å²) >= 11 is 0. The van der Waals surface area contributed by atoms with E-state index in [1.54, 1.807) is 7.11 Å². The maximum absolute atomic E-state index is 14.0. The summed E-state index contributed by atoms with van der Waals surface area (Å²) in [6.45, 7) is 1.42. The molecule has 0 atom stereocenters. The minimum absolute atomic E-state index is 0.00439. The average molecular weight is 459 g/mol. The van der Waals surface area contributed by atoms with Gasteiger partial charge in [0.25, 0.3) is 0 Å². The average Bonchev–Trinajstić information content (AvgIpc) is 2.84. The number of nitrogens with zero attached hydrogens (tertiary/aromatic N) is 4. The van der Waals surface area contributed by atoms with Crippen LogP contribution in [0.25, 0.3) is 11.3 Å². The van der Waals surface area contributed by atoms with Crippen LogP contribution in [0.15, 0.2) is 59.5 Å². The second-order valence-corrected chi connectivity index (χ2v) is 9.13. The molecule has 2 aromatic carbocycles. The molecular weight excluding hydrogens is 435 g/mol. The second kappa shape index (κ2) is 9.09. The van der Waals surface area contributed by atoms with Gasteiger partial charge in [0.05, 0.1) is 24.8 Å². The Balaban J connectivity index is 1.43. The number of piperazine rings is 1. The number of benzene rings is 2. The van der Waals surface area contributed by atoms with Crippen molar-refractivity contribution in [3.63, 3.8) is 0 Å². The number of ether oxygens (including phenoxy) is 2. The molecule has 2 heterocycles. The fourth-order valence-electron chi connectivity index (χ4n) is 3.54. The topological polar surface area (TPSA) is 84.9 Å². The van der Waals surface area contributed by atoms with Crippen molar-refractivity contribution < 1.29 is 22.3 Å². The van der Waals surface area contributed by atoms with Crippen molar-refractivity contribution >= 4 is 15.8 Å². The van der Waals surface area contributed by atoms with Gasteiger partial charge in [0.1, 0.15) is 5.75 Å². The zero-order valence-electron chi connectivity index (χ0n) is 17.7. The van der Waals surface area contributed by atoms with Crippen LogP contribution in [-0.2, 0) is 10.0 Å². The Hall–Kier alpha value is -3.24. The third kappa shape index (κ3) is 4.37. The van der Waals surface area contributed by atoms with Gasteiger partial charge in [0.2, 0.25) is 10.0 Å². The van der Waals surface area contributed by atoms with Gasteiger partial charge in [0.15, 0.2) is 17.4 Å². The Kier molecular flexibility index (Phi) is 6.24. The molecule has 0 amide bonds. The molecular formula is C22H23FN4O4S. The molecule has 1 aromatic heterocycles. The van der Waals surface area contributed by atoms with Gasteiger partial charge in [-0.05, 0) is 42.5 Å². The number of rotatable bonds is 6. The van der Waals surface area contributed by atoms with Crippen molar-refractivity contribution in [3.8, 4) is 22.8 Å². The summed E-state index contributed by atoms with van der Waals surface area (Å²) in [6.07, 6.45) is 0. The standard InChI is InChI=1S/C22H23FN4O4S/c1-30-17-5-3-4-16(14-17)20-7-9-22(25-24-20)26-10-12-27(13-11-26)32(28,29)18-6-8-21(31-2)19(23)15-18/h3-9,14-15H,10-13H2,1-2H3. The Morgan fingerprint density at radius 2 is 1.69 bits per heavy atom. The Labute approximate surface area is 186 Å². The van der Waals surface area contributed by atoms with Crippen molar-refractivity contribution in [2.24, 2.45) is 0 Å². The first kappa shape index (κ1) is 22.0. The molecule has 0 spiro atoms. The van der Waals surface area contributed by atoms with Crippen molar-refractivity contribution in [1.82, 2.24) is 14.5 Å². The van der Waals surface area contributed by atoms with Gasteiger partial charge in [-0.25, -0.2) is 12.8 Å². The quantitative estimate of drug-likeness (QED) is 0.562. The van der Waals surface area contributed by atoms with Gasteiger partial charge in [-0.2, -0.15) is 4.31 Å². The van der Waals surface area contributed by atoms with Crippen LogP contribution in [0.3, 0.4) is 0 Å². The van der Waals surface area contributed by atoms with Gasteiger partial charge >= 0.3 is 0 Å². The van der Waals surface area contributed by atoms with E-state index in [1.165, 1.54) is 23.5 Å². The van der Waals surface area contributed by atoms with Gasteiger partial charge < -0.3 is 14.4 Å². The molecule has 0 unspecified atom stereocenters. The number of hydrogen-bond acceptors (Lipinski definition) is 7. The Morgan fingerprint density at radius 3 is 2.31 bits per heavy atom. The SMILES string of the molecule is COc1cccc(-c2ccc(N3CCN(S(=O)(=O)c4ccc(OC)c(F)c4)CC3)nn2)c1. The lowest BCUT2D eigenvalue weighted by molar-refractivity contribution is 0.379. The highest BCUT2D eigenvalue weighted by atomic mass is 32.2. The van der Waals surface area contributed by atoms with Crippen LogP contribution in [0, 0.1) is 5.82 Å². The van der Waals surface area contributed by atoms with Crippen molar-refractivity contribution in [2.45, 2.75) is 4.90 Å². The lowest BCUT2D eigenvalue weighted by Gasteiger charge is -2.34. The highest BCUT2D eigenvalue weighted by Crippen LogP contribution is 2.26. The van der Waals surface area contributed by atoms with E-state index in [2.05, 4.69) is 10.2 Å². The van der Waals surface area contributed by atoms with Crippen LogP contribution in [0.5, 0.6) is 11.5 Å². The molecule has 168 valence electrons. The number of aromatic nitrogens is 2. The largest absolute Gasteiger partial charge is 0.497 e. The van der Waals surface area contributed by atoms with Crippen LogP contribution in [-0.4, -0.2) is 63.3 Å². The van der Waals surface area contributed by atoms with Crippen LogP contribution in [0.1, 0.15) is 0 Å². The first-order valence-corrected chi connectivity index (χ1v) is 11.4. The number of sulfonamides is 1. The molecule has 0 N–H and O–H groups in total. The molecule has 32 heavy (non-hydrogen) atoms. The zero-order valence-corrected chi connectivity index (χ0v) is 18.5. The fourth-order valence-corrected chi connectivity index (χ4v) is 4.98. The smallest absolute Gasteiger partial charge is 0.243 e. The van der Waals surface area contributed by atoms with E-state index >= 15 is 0 Å². The first-order valence-electron chi connectivity index (χ1n) is 9.99. The number of anilines is 1. The highest BCUT2D eigenvalue weighted by molar-refractivity contribution is 7.89. The van der Waals surface area contributed by atoms with Crippen molar-refractivity contribution in [2.75, 3.05) is 45.3 Å². The van der Waals surface area contributed by atoms with Gasteiger partial charge in [-0.1, -0.05) is 12.1 Å². The van der Waals surface area contributed by atoms with Crippen LogP contribution < -0.4 is 14.4 Å². The molecule has 1 aliphatic rings. The summed E-state index contributed by atoms with van der Waals surface area (Å²) in [5.74, 6) is 0.704. The molecule has 0 aliphatic carbocycles. The monoisotopic (exact) mass is 458 g/mol. The molecule has 10 heteroatoms. The van der Waals surface area contributed by atoms with Crippen molar-refractivity contribution in [3.05, 3.63) is 60.4 Å². The van der Waals surface area contributed by atoms with E-state index in [0.717, 1.165) is 23.1 Å². The molecule has 1 aliphatic heterocycles. The third-order valence-corrected chi connectivity index (χ3v) is 7.23. The summed E-state index contributed by atoms with van der Waals surface area (Å²) in [7, 11) is -0.860. The van der Waals surface area contributed by atoms with Crippen LogP contribution >= 0.6 is 0 Å². The fraction of sp³-hybridized carbons (Fsp3) is 0.273. The minimum Gasteiger partial charge on any atom is -0.497 e. The first-order chi connectivity index (χ1) is 15.4. The summed E-state index contributed by atoms with van der Waals surface area (Å²) in [6, 6.07) is 15.0. The Morgan fingerprint density at radius 1 is 0.906 bits per heavy atom. The second-order valence-electron chi connectivity index (χ2n) is 7.20. The summed E-state index contributed by atoms with van der Waals surface area (Å²) in [4.78, 5) is 1.88. The normalized spacial score (nSPS) is 14.9. The molecule has 1 saturated heterocycles. The summed E-state index contributed by atoms with van der Waals surface area (Å²) < 4.78 is 51.2. The number of hydrogen-bond donors (Lipinski definition) is 0. The third-order valence-electron chi connectivity index (χ3n) is 5.34. The molecule has 0 radical (unpaired) electrons. The lowest BCUT2D eigenvalue weighted by atomic mass is 10.1. The van der Waals surface area contributed by atoms with Crippen LogP contribution in [0.2, 0.25) is 0 Å². The molecule has 4 rings (SSSR count). The summed E-state index contributed by atoms with van der Waals surface area (Å²) in [5.41, 5.74) is 1.61. The minimum atomic E-state index is -3.80. The predicted molar refractivity (Wildman–Crippen MR) is 118 cm³/mol. The van der Waals surface area contributed by atoms with E-state index in [0.29, 0.717) is 18.9 Å². The molecule has 0 bridgehead atoms. The van der Waals surface area contributed by atoms with Gasteiger partial charge in [-0.3, -0.25) is 0 Å². The van der Waals surface area contributed by atoms with E-state index in [4.69, 9.17) is 9.47 Å². The number of halogens is 1. The lowest BCUT2D eigenvalue weighted by Crippen LogP contribution is -2.49. The zero-order chi connectivity index (χ0) is 22.7.